The van der Waals surface area contributed by atoms with Crippen LogP contribution >= 0.6 is 0 Å². The van der Waals surface area contributed by atoms with Gasteiger partial charge >= 0.3 is 0 Å². The summed E-state index contributed by atoms with van der Waals surface area (Å²) in [6.07, 6.45) is 1.06. The molecule has 0 aromatic heterocycles. The average Bonchev–Trinajstić information content (AvgIpc) is 2.48. The maximum absolute atomic E-state index is 13.2. The first-order valence-corrected chi connectivity index (χ1v) is 5.46. The Morgan fingerprint density at radius 3 is 2.83 bits per heavy atom. The molecule has 0 saturated carbocycles. The van der Waals surface area contributed by atoms with E-state index in [1.807, 2.05) is 0 Å². The second-order valence-corrected chi connectivity index (χ2v) is 4.12. The Kier molecular flexibility index (Phi) is 4.77. The van der Waals surface area contributed by atoms with Crippen LogP contribution in [-0.4, -0.2) is 67.4 Å². The highest BCUT2D eigenvalue weighted by Gasteiger charge is 2.36. The van der Waals surface area contributed by atoms with Gasteiger partial charge in [0.15, 0.2) is 0 Å². The van der Waals surface area contributed by atoms with Crippen LogP contribution in [0.1, 0.15) is 0 Å². The molecule has 1 heterocycles. The van der Waals surface area contributed by atoms with Crippen molar-refractivity contribution in [2.24, 2.45) is 0 Å². The quantitative estimate of drug-likeness (QED) is 0.679. The molecule has 0 spiro atoms. The average molecular weight is 262 g/mol. The lowest BCUT2D eigenvalue weighted by Gasteiger charge is -2.25. The van der Waals surface area contributed by atoms with Crippen LogP contribution in [-0.2, 0) is 14.3 Å². The zero-order valence-electron chi connectivity index (χ0n) is 10.2. The van der Waals surface area contributed by atoms with Crippen LogP contribution in [0.5, 0.6) is 0 Å². The molecule has 0 bridgehead atoms. The van der Waals surface area contributed by atoms with Crippen molar-refractivity contribution in [3.05, 3.63) is 12.7 Å². The summed E-state index contributed by atoms with van der Waals surface area (Å²) in [5.74, 6) is -4.01. The number of hydrogen-bond donors (Lipinski definition) is 0. The van der Waals surface area contributed by atoms with Crippen molar-refractivity contribution in [3.63, 3.8) is 0 Å². The first-order valence-electron chi connectivity index (χ1n) is 5.46. The van der Waals surface area contributed by atoms with Crippen LogP contribution in [0.15, 0.2) is 12.7 Å². The van der Waals surface area contributed by atoms with Gasteiger partial charge < -0.3 is 14.5 Å². The van der Waals surface area contributed by atoms with Gasteiger partial charge in [0.2, 0.25) is 11.8 Å². The fourth-order valence-electron chi connectivity index (χ4n) is 1.55. The number of hydrogen-bond acceptors (Lipinski definition) is 3. The number of halogens is 2. The summed E-state index contributed by atoms with van der Waals surface area (Å²) in [5, 5.41) is 0. The topological polar surface area (TPSA) is 49.9 Å². The van der Waals surface area contributed by atoms with Gasteiger partial charge in [0, 0.05) is 13.6 Å². The highest BCUT2D eigenvalue weighted by atomic mass is 19.3. The summed E-state index contributed by atoms with van der Waals surface area (Å²) < 4.78 is 31.2. The summed E-state index contributed by atoms with van der Waals surface area (Å²) in [4.78, 5) is 25.1. The fraction of sp³-hybridized carbons (Fsp3) is 0.636. The number of likely N-dealkylation sites (N-methyl/N-ethyl adjacent to an activating group) is 1. The maximum atomic E-state index is 13.2. The standard InChI is InChI=1S/C11H16F2N2O3/c1-3-9(16)14(2)6-10(17)15-4-5-18-8-11(12,13)7-15/h3H,1,4-8H2,2H3. The van der Waals surface area contributed by atoms with Gasteiger partial charge in [0.25, 0.3) is 5.92 Å². The summed E-state index contributed by atoms with van der Waals surface area (Å²) in [5.41, 5.74) is 0. The van der Waals surface area contributed by atoms with E-state index in [2.05, 4.69) is 6.58 Å². The molecule has 0 radical (unpaired) electrons. The number of alkyl halides is 2. The molecule has 7 heteroatoms. The smallest absolute Gasteiger partial charge is 0.288 e. The molecule has 1 aliphatic rings. The first kappa shape index (κ1) is 14.6. The number of ether oxygens (including phenoxy) is 1. The number of carbonyl (C=O) groups excluding carboxylic acids is 2. The number of amides is 2. The molecular formula is C11H16F2N2O3. The molecule has 1 fully saturated rings. The molecule has 1 aliphatic heterocycles. The monoisotopic (exact) mass is 262 g/mol. The Bertz CT molecular complexity index is 347. The predicted octanol–water partition coefficient (Wildman–Crippen LogP) is 0.125. The van der Waals surface area contributed by atoms with E-state index in [9.17, 15) is 18.4 Å². The highest BCUT2D eigenvalue weighted by Crippen LogP contribution is 2.18. The lowest BCUT2D eigenvalue weighted by molar-refractivity contribution is -0.140. The minimum absolute atomic E-state index is 0.0699. The van der Waals surface area contributed by atoms with Crippen molar-refractivity contribution in [3.8, 4) is 0 Å². The molecule has 1 saturated heterocycles. The third-order valence-corrected chi connectivity index (χ3v) is 2.52. The third-order valence-electron chi connectivity index (χ3n) is 2.52. The van der Waals surface area contributed by atoms with Crippen molar-refractivity contribution >= 4 is 11.8 Å². The molecule has 1 rings (SSSR count). The Labute approximate surface area is 104 Å². The minimum Gasteiger partial charge on any atom is -0.373 e. The summed E-state index contributed by atoms with van der Waals surface area (Å²) in [7, 11) is 1.41. The molecule has 5 nitrogen and oxygen atoms in total. The van der Waals surface area contributed by atoms with E-state index in [1.165, 1.54) is 7.05 Å². The van der Waals surface area contributed by atoms with Crippen LogP contribution < -0.4 is 0 Å². The van der Waals surface area contributed by atoms with E-state index in [0.29, 0.717) is 0 Å². The molecule has 0 unspecified atom stereocenters. The zero-order valence-corrected chi connectivity index (χ0v) is 10.2. The van der Waals surface area contributed by atoms with Crippen LogP contribution in [0.2, 0.25) is 0 Å². The van der Waals surface area contributed by atoms with Gasteiger partial charge in [-0.05, 0) is 6.08 Å². The Balaban J connectivity index is 2.60. The molecule has 0 N–H and O–H groups in total. The second kappa shape index (κ2) is 5.90. The van der Waals surface area contributed by atoms with Crippen LogP contribution in [0.4, 0.5) is 8.78 Å². The van der Waals surface area contributed by atoms with Crippen molar-refractivity contribution in [2.75, 3.05) is 39.9 Å². The van der Waals surface area contributed by atoms with Gasteiger partial charge in [-0.25, -0.2) is 8.78 Å². The molecule has 0 aromatic rings. The Morgan fingerprint density at radius 1 is 1.56 bits per heavy atom. The molecule has 0 aromatic carbocycles. The predicted molar refractivity (Wildman–Crippen MR) is 60.2 cm³/mol. The van der Waals surface area contributed by atoms with Crippen molar-refractivity contribution in [1.82, 2.24) is 9.80 Å². The van der Waals surface area contributed by atoms with Gasteiger partial charge in [-0.1, -0.05) is 6.58 Å². The summed E-state index contributed by atoms with van der Waals surface area (Å²) in [6.45, 7) is 1.85. The van der Waals surface area contributed by atoms with Crippen molar-refractivity contribution in [1.29, 1.82) is 0 Å². The van der Waals surface area contributed by atoms with Gasteiger partial charge in [-0.3, -0.25) is 9.59 Å². The van der Waals surface area contributed by atoms with Crippen LogP contribution in [0.3, 0.4) is 0 Å². The Morgan fingerprint density at radius 2 is 2.22 bits per heavy atom. The van der Waals surface area contributed by atoms with Gasteiger partial charge in [-0.15, -0.1) is 0 Å². The molecule has 102 valence electrons. The SMILES string of the molecule is C=CC(=O)N(C)CC(=O)N1CCOCC(F)(F)C1. The normalized spacial score (nSPS) is 18.9. The van der Waals surface area contributed by atoms with Crippen LogP contribution in [0, 0.1) is 0 Å². The molecule has 0 atom stereocenters. The van der Waals surface area contributed by atoms with E-state index < -0.39 is 30.9 Å². The molecule has 0 aliphatic carbocycles. The Hall–Kier alpha value is -1.50. The highest BCUT2D eigenvalue weighted by molar-refractivity contribution is 5.90. The fourth-order valence-corrected chi connectivity index (χ4v) is 1.55. The third kappa shape index (κ3) is 4.06. The van der Waals surface area contributed by atoms with E-state index >= 15 is 0 Å². The first-order chi connectivity index (χ1) is 8.35. The van der Waals surface area contributed by atoms with Gasteiger partial charge in [0.05, 0.1) is 19.7 Å². The maximum Gasteiger partial charge on any atom is 0.288 e. The van der Waals surface area contributed by atoms with Gasteiger partial charge in [-0.2, -0.15) is 0 Å². The number of nitrogens with zero attached hydrogens (tertiary/aromatic N) is 2. The summed E-state index contributed by atoms with van der Waals surface area (Å²) >= 11 is 0. The van der Waals surface area contributed by atoms with Crippen molar-refractivity contribution < 1.29 is 23.1 Å². The van der Waals surface area contributed by atoms with E-state index in [4.69, 9.17) is 4.74 Å². The molecule has 2 amide bonds. The number of carbonyl (C=O) groups is 2. The largest absolute Gasteiger partial charge is 0.373 e. The van der Waals surface area contributed by atoms with Crippen molar-refractivity contribution in [2.45, 2.75) is 5.92 Å². The lowest BCUT2D eigenvalue weighted by atomic mass is 10.3. The molecule has 18 heavy (non-hydrogen) atoms. The van der Waals surface area contributed by atoms with E-state index in [1.54, 1.807) is 0 Å². The van der Waals surface area contributed by atoms with Gasteiger partial charge in [0.1, 0.15) is 6.61 Å². The number of rotatable bonds is 3. The zero-order chi connectivity index (χ0) is 13.8. The van der Waals surface area contributed by atoms with E-state index in [0.717, 1.165) is 15.9 Å². The lowest BCUT2D eigenvalue weighted by Crippen LogP contribution is -2.45. The summed E-state index contributed by atoms with van der Waals surface area (Å²) in [6, 6.07) is 0. The molecular weight excluding hydrogens is 246 g/mol. The van der Waals surface area contributed by atoms with E-state index in [-0.39, 0.29) is 19.7 Å². The minimum atomic E-state index is -3.05. The van der Waals surface area contributed by atoms with Crippen LogP contribution in [0.25, 0.3) is 0 Å². The second-order valence-electron chi connectivity index (χ2n) is 4.12.